The Morgan fingerprint density at radius 3 is 2.47 bits per heavy atom. The van der Waals surface area contributed by atoms with Crippen LogP contribution in [0.1, 0.15) is 27.7 Å². The highest BCUT2D eigenvalue weighted by Crippen LogP contribution is 2.17. The molecule has 0 rings (SSSR count). The summed E-state index contributed by atoms with van der Waals surface area (Å²) in [7, 11) is 0. The monoisotopic (exact) mass is 211 g/mol. The zero-order chi connectivity index (χ0) is 12.1. The molecule has 15 heavy (non-hydrogen) atoms. The molecule has 0 heterocycles. The molecule has 0 fully saturated rings. The zero-order valence-corrected chi connectivity index (χ0v) is 10.1. The first kappa shape index (κ1) is 13.9. The summed E-state index contributed by atoms with van der Waals surface area (Å²) < 4.78 is 0. The van der Waals surface area contributed by atoms with Crippen LogP contribution in [0.25, 0.3) is 0 Å². The number of rotatable bonds is 5. The average molecular weight is 211 g/mol. The van der Waals surface area contributed by atoms with Crippen molar-refractivity contribution in [2.24, 2.45) is 17.1 Å². The van der Waals surface area contributed by atoms with E-state index in [1.807, 2.05) is 27.7 Å². The van der Waals surface area contributed by atoms with E-state index in [1.165, 1.54) is 0 Å². The van der Waals surface area contributed by atoms with Crippen molar-refractivity contribution in [3.05, 3.63) is 0 Å². The smallest absolute Gasteiger partial charge is 0.229 e. The highest BCUT2D eigenvalue weighted by Gasteiger charge is 2.30. The Labute approximate surface area is 92.0 Å². The van der Waals surface area contributed by atoms with E-state index in [-0.39, 0.29) is 11.8 Å². The van der Waals surface area contributed by atoms with Gasteiger partial charge in [-0.05, 0) is 27.7 Å². The summed E-state index contributed by atoms with van der Waals surface area (Å²) in [5.74, 6) is -0.114. The maximum Gasteiger partial charge on any atom is 0.229 e. The predicted octanol–water partition coefficient (Wildman–Crippen LogP) is 0.979. The molecule has 0 aliphatic carbocycles. The SMILES string of the molecule is CCN(CC(C)C#N)C(=O)C(C)(C)CN. The lowest BCUT2D eigenvalue weighted by Crippen LogP contribution is -2.46. The molecule has 4 nitrogen and oxygen atoms in total. The number of nitriles is 1. The third kappa shape index (κ3) is 3.88. The fourth-order valence-corrected chi connectivity index (χ4v) is 1.24. The fraction of sp³-hybridized carbons (Fsp3) is 0.818. The number of nitrogens with two attached hydrogens (primary N) is 1. The van der Waals surface area contributed by atoms with E-state index >= 15 is 0 Å². The second-order valence-electron chi connectivity index (χ2n) is 4.46. The quantitative estimate of drug-likeness (QED) is 0.737. The van der Waals surface area contributed by atoms with E-state index in [4.69, 9.17) is 11.0 Å². The van der Waals surface area contributed by atoms with E-state index < -0.39 is 5.41 Å². The molecule has 86 valence electrons. The molecule has 0 saturated carbocycles. The van der Waals surface area contributed by atoms with Gasteiger partial charge in [0.2, 0.25) is 5.91 Å². The van der Waals surface area contributed by atoms with Crippen molar-refractivity contribution >= 4 is 5.91 Å². The summed E-state index contributed by atoms with van der Waals surface area (Å²) in [5.41, 5.74) is 5.01. The minimum atomic E-state index is -0.537. The summed E-state index contributed by atoms with van der Waals surface area (Å²) in [6, 6.07) is 2.13. The maximum atomic E-state index is 12.0. The predicted molar refractivity (Wildman–Crippen MR) is 59.9 cm³/mol. The van der Waals surface area contributed by atoms with Crippen molar-refractivity contribution in [3.63, 3.8) is 0 Å². The van der Waals surface area contributed by atoms with Crippen LogP contribution in [0.3, 0.4) is 0 Å². The van der Waals surface area contributed by atoms with Gasteiger partial charge in [-0.15, -0.1) is 0 Å². The molecule has 2 N–H and O–H groups in total. The highest BCUT2D eigenvalue weighted by molar-refractivity contribution is 5.82. The number of carbonyl (C=O) groups is 1. The highest BCUT2D eigenvalue weighted by atomic mass is 16.2. The van der Waals surface area contributed by atoms with Crippen molar-refractivity contribution in [2.75, 3.05) is 19.6 Å². The summed E-state index contributed by atoms with van der Waals surface area (Å²) in [4.78, 5) is 13.7. The van der Waals surface area contributed by atoms with Gasteiger partial charge in [0.05, 0.1) is 17.4 Å². The third-order valence-electron chi connectivity index (χ3n) is 2.47. The van der Waals surface area contributed by atoms with E-state index in [2.05, 4.69) is 6.07 Å². The van der Waals surface area contributed by atoms with Gasteiger partial charge in [0.15, 0.2) is 0 Å². The minimum absolute atomic E-state index is 0.0228. The lowest BCUT2D eigenvalue weighted by Gasteiger charge is -2.30. The Hall–Kier alpha value is -1.08. The van der Waals surface area contributed by atoms with Gasteiger partial charge in [-0.2, -0.15) is 5.26 Å². The Morgan fingerprint density at radius 2 is 2.13 bits per heavy atom. The molecule has 0 aromatic rings. The van der Waals surface area contributed by atoms with Gasteiger partial charge in [0, 0.05) is 19.6 Å². The minimum Gasteiger partial charge on any atom is -0.341 e. The molecule has 0 aromatic heterocycles. The van der Waals surface area contributed by atoms with Gasteiger partial charge in [-0.1, -0.05) is 0 Å². The summed E-state index contributed by atoms with van der Waals surface area (Å²) >= 11 is 0. The second-order valence-corrected chi connectivity index (χ2v) is 4.46. The van der Waals surface area contributed by atoms with Gasteiger partial charge in [-0.3, -0.25) is 4.79 Å². The molecule has 0 aliphatic heterocycles. The summed E-state index contributed by atoms with van der Waals surface area (Å²) in [5, 5.41) is 8.71. The van der Waals surface area contributed by atoms with Crippen molar-refractivity contribution in [1.82, 2.24) is 4.90 Å². The van der Waals surface area contributed by atoms with Crippen LogP contribution in [0.2, 0.25) is 0 Å². The fourth-order valence-electron chi connectivity index (χ4n) is 1.24. The van der Waals surface area contributed by atoms with Crippen LogP contribution in [0.5, 0.6) is 0 Å². The Balaban J connectivity index is 4.56. The molecule has 0 bridgehead atoms. The molecule has 0 radical (unpaired) electrons. The van der Waals surface area contributed by atoms with Crippen LogP contribution in [0, 0.1) is 22.7 Å². The third-order valence-corrected chi connectivity index (χ3v) is 2.47. The normalized spacial score (nSPS) is 13.1. The van der Waals surface area contributed by atoms with Crippen LogP contribution < -0.4 is 5.73 Å². The summed E-state index contributed by atoms with van der Waals surface area (Å²) in [6.07, 6.45) is 0. The van der Waals surface area contributed by atoms with Crippen molar-refractivity contribution in [2.45, 2.75) is 27.7 Å². The molecule has 0 saturated heterocycles. The number of hydrogen-bond acceptors (Lipinski definition) is 3. The molecule has 0 aliphatic rings. The number of hydrogen-bond donors (Lipinski definition) is 1. The number of carbonyl (C=O) groups excluding carboxylic acids is 1. The first-order valence-electron chi connectivity index (χ1n) is 5.28. The number of amides is 1. The molecular formula is C11H21N3O. The second kappa shape index (κ2) is 5.72. The molecule has 0 spiro atoms. The van der Waals surface area contributed by atoms with Crippen LogP contribution in [-0.2, 0) is 4.79 Å². The van der Waals surface area contributed by atoms with Crippen molar-refractivity contribution in [3.8, 4) is 6.07 Å². The van der Waals surface area contributed by atoms with Crippen molar-refractivity contribution < 1.29 is 4.79 Å². The van der Waals surface area contributed by atoms with Gasteiger partial charge in [0.25, 0.3) is 0 Å². The standard InChI is InChI=1S/C11H21N3O/c1-5-14(7-9(2)6-12)10(15)11(3,4)8-13/h9H,5,7-8,13H2,1-4H3. The zero-order valence-electron chi connectivity index (χ0n) is 10.1. The van der Waals surface area contributed by atoms with E-state index in [9.17, 15) is 4.79 Å². The Bertz CT molecular complexity index is 255. The molecule has 1 amide bonds. The first-order chi connectivity index (χ1) is 6.88. The first-order valence-corrected chi connectivity index (χ1v) is 5.28. The van der Waals surface area contributed by atoms with E-state index in [0.29, 0.717) is 19.6 Å². The molecule has 1 unspecified atom stereocenters. The van der Waals surface area contributed by atoms with Gasteiger partial charge < -0.3 is 10.6 Å². The average Bonchev–Trinajstić information content (AvgIpc) is 2.24. The molecule has 4 heteroatoms. The lowest BCUT2D eigenvalue weighted by atomic mass is 9.91. The largest absolute Gasteiger partial charge is 0.341 e. The van der Waals surface area contributed by atoms with E-state index in [0.717, 1.165) is 0 Å². The van der Waals surface area contributed by atoms with Crippen molar-refractivity contribution in [1.29, 1.82) is 5.26 Å². The van der Waals surface area contributed by atoms with Crippen LogP contribution in [0.15, 0.2) is 0 Å². The topological polar surface area (TPSA) is 70.1 Å². The van der Waals surface area contributed by atoms with Gasteiger partial charge in [-0.25, -0.2) is 0 Å². The molecule has 1 atom stereocenters. The number of nitrogens with zero attached hydrogens (tertiary/aromatic N) is 2. The van der Waals surface area contributed by atoms with Gasteiger partial charge >= 0.3 is 0 Å². The van der Waals surface area contributed by atoms with Crippen LogP contribution in [0.4, 0.5) is 0 Å². The van der Waals surface area contributed by atoms with Gasteiger partial charge in [0.1, 0.15) is 0 Å². The van der Waals surface area contributed by atoms with E-state index in [1.54, 1.807) is 4.90 Å². The molecule has 0 aromatic carbocycles. The Morgan fingerprint density at radius 1 is 1.60 bits per heavy atom. The van der Waals surface area contributed by atoms with Crippen LogP contribution in [-0.4, -0.2) is 30.4 Å². The maximum absolute atomic E-state index is 12.0. The summed E-state index contributed by atoms with van der Waals surface area (Å²) in [6.45, 7) is 8.80. The molecular weight excluding hydrogens is 190 g/mol. The van der Waals surface area contributed by atoms with Crippen LogP contribution >= 0.6 is 0 Å². The Kier molecular flexibility index (Phi) is 5.31. The lowest BCUT2D eigenvalue weighted by molar-refractivity contribution is -0.140.